The summed E-state index contributed by atoms with van der Waals surface area (Å²) in [5.74, 6) is -2.47. The lowest BCUT2D eigenvalue weighted by molar-refractivity contribution is -0.0527. The van der Waals surface area contributed by atoms with Crippen LogP contribution in [0.3, 0.4) is 0 Å². The molecule has 0 radical (unpaired) electrons. The second-order valence-corrected chi connectivity index (χ2v) is 3.34. The first-order valence-corrected chi connectivity index (χ1v) is 4.94. The number of aromatic nitrogens is 1. The first-order valence-electron chi connectivity index (χ1n) is 4.94. The molecule has 0 aliphatic rings. The summed E-state index contributed by atoms with van der Waals surface area (Å²) in [4.78, 5) is 3.68. The zero-order valence-electron chi connectivity index (χ0n) is 8.91. The van der Waals surface area contributed by atoms with Gasteiger partial charge in [-0.05, 0) is 18.2 Å². The predicted molar refractivity (Wildman–Crippen MR) is 56.2 cm³/mol. The van der Waals surface area contributed by atoms with E-state index in [1.54, 1.807) is 0 Å². The molecule has 6 heteroatoms. The van der Waals surface area contributed by atoms with Gasteiger partial charge in [0.2, 0.25) is 5.88 Å². The van der Waals surface area contributed by atoms with Crippen molar-refractivity contribution in [3.05, 3.63) is 48.0 Å². The Labute approximate surface area is 99.8 Å². The van der Waals surface area contributed by atoms with Gasteiger partial charge in [0.05, 0.1) is 5.69 Å². The number of hydrogen-bond acceptors (Lipinski definition) is 2. The molecule has 0 N–H and O–H groups in total. The van der Waals surface area contributed by atoms with Crippen LogP contribution in [0.5, 0.6) is 5.88 Å². The van der Waals surface area contributed by atoms with Gasteiger partial charge >= 0.3 is 6.61 Å². The van der Waals surface area contributed by atoms with Crippen LogP contribution in [0.1, 0.15) is 0 Å². The normalized spacial score (nSPS) is 10.7. The molecule has 94 valence electrons. The van der Waals surface area contributed by atoms with Crippen molar-refractivity contribution >= 4 is 0 Å². The van der Waals surface area contributed by atoms with Crippen molar-refractivity contribution < 1.29 is 22.3 Å². The molecule has 18 heavy (non-hydrogen) atoms. The average molecular weight is 257 g/mol. The van der Waals surface area contributed by atoms with Crippen molar-refractivity contribution in [3.63, 3.8) is 0 Å². The number of halogens is 4. The second kappa shape index (κ2) is 5.03. The largest absolute Gasteiger partial charge is 0.417 e. The first-order chi connectivity index (χ1) is 8.58. The predicted octanol–water partition coefficient (Wildman–Crippen LogP) is 3.63. The molecule has 2 nitrogen and oxygen atoms in total. The van der Waals surface area contributed by atoms with Gasteiger partial charge in [-0.2, -0.15) is 8.78 Å². The number of rotatable bonds is 3. The van der Waals surface area contributed by atoms with Gasteiger partial charge in [-0.3, -0.25) is 0 Å². The fourth-order valence-electron chi connectivity index (χ4n) is 1.42. The van der Waals surface area contributed by atoms with Gasteiger partial charge in [-0.25, -0.2) is 13.8 Å². The molecule has 0 saturated carbocycles. The SMILES string of the molecule is Fc1cccc(-c2cccc(OC(F)F)n2)c1F. The highest BCUT2D eigenvalue weighted by Gasteiger charge is 2.12. The fourth-order valence-corrected chi connectivity index (χ4v) is 1.42. The van der Waals surface area contributed by atoms with Crippen LogP contribution in [0.4, 0.5) is 17.6 Å². The summed E-state index contributed by atoms with van der Waals surface area (Å²) in [6.07, 6.45) is 0. The van der Waals surface area contributed by atoms with Gasteiger partial charge in [0.25, 0.3) is 0 Å². The van der Waals surface area contributed by atoms with E-state index >= 15 is 0 Å². The maximum absolute atomic E-state index is 13.5. The van der Waals surface area contributed by atoms with Gasteiger partial charge in [0.15, 0.2) is 11.6 Å². The lowest BCUT2D eigenvalue weighted by Gasteiger charge is -2.06. The fraction of sp³-hybridized carbons (Fsp3) is 0.0833. The molecule has 0 spiro atoms. The maximum atomic E-state index is 13.5. The molecule has 1 heterocycles. The van der Waals surface area contributed by atoms with Crippen molar-refractivity contribution in [2.24, 2.45) is 0 Å². The topological polar surface area (TPSA) is 22.1 Å². The number of pyridine rings is 1. The highest BCUT2D eigenvalue weighted by molar-refractivity contribution is 5.60. The summed E-state index contributed by atoms with van der Waals surface area (Å²) in [6.45, 7) is -3.02. The summed E-state index contributed by atoms with van der Waals surface area (Å²) in [7, 11) is 0. The van der Waals surface area contributed by atoms with Crippen LogP contribution in [0.2, 0.25) is 0 Å². The smallest absolute Gasteiger partial charge is 0.388 e. The standard InChI is InChI=1S/C12H7F4NO/c13-8-4-1-3-7(11(8)14)9-5-2-6-10(17-9)18-12(15)16/h1-6,12H. The molecule has 0 aliphatic heterocycles. The van der Waals surface area contributed by atoms with Gasteiger partial charge < -0.3 is 4.74 Å². The third-order valence-corrected chi connectivity index (χ3v) is 2.16. The van der Waals surface area contributed by atoms with E-state index in [-0.39, 0.29) is 17.1 Å². The van der Waals surface area contributed by atoms with Crippen LogP contribution < -0.4 is 4.74 Å². The third kappa shape index (κ3) is 2.58. The van der Waals surface area contributed by atoms with Gasteiger partial charge in [0.1, 0.15) is 0 Å². The van der Waals surface area contributed by atoms with Crippen LogP contribution in [0, 0.1) is 11.6 Å². The molecule has 2 aromatic rings. The zero-order chi connectivity index (χ0) is 13.1. The molecule has 0 aliphatic carbocycles. The molecule has 0 saturated heterocycles. The first kappa shape index (κ1) is 12.3. The van der Waals surface area contributed by atoms with E-state index in [0.29, 0.717) is 0 Å². The quantitative estimate of drug-likeness (QED) is 0.783. The van der Waals surface area contributed by atoms with Crippen LogP contribution in [0.25, 0.3) is 11.3 Å². The molecule has 0 atom stereocenters. The van der Waals surface area contributed by atoms with Crippen molar-refractivity contribution in [2.45, 2.75) is 6.61 Å². The monoisotopic (exact) mass is 257 g/mol. The Morgan fingerprint density at radius 2 is 1.72 bits per heavy atom. The maximum Gasteiger partial charge on any atom is 0.388 e. The highest BCUT2D eigenvalue weighted by atomic mass is 19.3. The summed E-state index contributed by atoms with van der Waals surface area (Å²) in [5.41, 5.74) is -0.0973. The molecule has 0 bridgehead atoms. The Hall–Kier alpha value is -2.11. The summed E-state index contributed by atoms with van der Waals surface area (Å²) in [5, 5.41) is 0. The Morgan fingerprint density at radius 3 is 2.44 bits per heavy atom. The van der Waals surface area contributed by atoms with Gasteiger partial charge in [0, 0.05) is 11.6 Å². The number of ether oxygens (including phenoxy) is 1. The minimum absolute atomic E-state index is 0.0187. The summed E-state index contributed by atoms with van der Waals surface area (Å²) in [6, 6.07) is 7.49. The van der Waals surface area contributed by atoms with E-state index in [4.69, 9.17) is 0 Å². The molecular weight excluding hydrogens is 250 g/mol. The third-order valence-electron chi connectivity index (χ3n) is 2.16. The number of nitrogens with zero attached hydrogens (tertiary/aromatic N) is 1. The Bertz CT molecular complexity index is 560. The van der Waals surface area contributed by atoms with Crippen molar-refractivity contribution in [1.29, 1.82) is 0 Å². The molecular formula is C12H7F4NO. The van der Waals surface area contributed by atoms with Gasteiger partial charge in [-0.1, -0.05) is 12.1 Å². The zero-order valence-corrected chi connectivity index (χ0v) is 8.91. The van der Waals surface area contributed by atoms with Crippen LogP contribution in [0.15, 0.2) is 36.4 Å². The van der Waals surface area contributed by atoms with Crippen molar-refractivity contribution in [2.75, 3.05) is 0 Å². The Kier molecular flexibility index (Phi) is 3.45. The lowest BCUT2D eigenvalue weighted by atomic mass is 10.1. The average Bonchev–Trinajstić information content (AvgIpc) is 2.32. The molecule has 0 fully saturated rings. The Morgan fingerprint density at radius 1 is 1.00 bits per heavy atom. The van der Waals surface area contributed by atoms with E-state index in [1.165, 1.54) is 30.3 Å². The van der Waals surface area contributed by atoms with Crippen molar-refractivity contribution in [1.82, 2.24) is 4.98 Å². The van der Waals surface area contributed by atoms with E-state index in [9.17, 15) is 17.6 Å². The molecule has 0 unspecified atom stereocenters. The summed E-state index contributed by atoms with van der Waals surface area (Å²) >= 11 is 0. The van der Waals surface area contributed by atoms with Crippen LogP contribution >= 0.6 is 0 Å². The van der Waals surface area contributed by atoms with Crippen molar-refractivity contribution in [3.8, 4) is 17.1 Å². The summed E-state index contributed by atoms with van der Waals surface area (Å²) < 4.78 is 54.6. The van der Waals surface area contributed by atoms with Gasteiger partial charge in [-0.15, -0.1) is 0 Å². The minimum Gasteiger partial charge on any atom is -0.417 e. The van der Waals surface area contributed by atoms with E-state index in [1.807, 2.05) is 0 Å². The molecule has 0 amide bonds. The Balaban J connectivity index is 2.41. The number of alkyl halides is 2. The molecule has 1 aromatic heterocycles. The number of hydrogen-bond donors (Lipinski definition) is 0. The minimum atomic E-state index is -3.02. The van der Waals surface area contributed by atoms with E-state index in [2.05, 4.69) is 9.72 Å². The van der Waals surface area contributed by atoms with E-state index < -0.39 is 18.2 Å². The second-order valence-electron chi connectivity index (χ2n) is 3.34. The molecule has 1 aromatic carbocycles. The van der Waals surface area contributed by atoms with Crippen LogP contribution in [-0.4, -0.2) is 11.6 Å². The highest BCUT2D eigenvalue weighted by Crippen LogP contribution is 2.24. The lowest BCUT2D eigenvalue weighted by Crippen LogP contribution is -2.04. The van der Waals surface area contributed by atoms with E-state index in [0.717, 1.165) is 6.07 Å². The molecule has 2 rings (SSSR count). The van der Waals surface area contributed by atoms with Crippen LogP contribution in [-0.2, 0) is 0 Å². The number of benzene rings is 1.